The summed E-state index contributed by atoms with van der Waals surface area (Å²) < 4.78 is 0. The van der Waals surface area contributed by atoms with Gasteiger partial charge in [0.1, 0.15) is 0 Å². The molecule has 0 radical (unpaired) electrons. The maximum Gasteiger partial charge on any atom is 0.233 e. The van der Waals surface area contributed by atoms with Crippen LogP contribution in [0.15, 0.2) is 0 Å². The standard InChI is InChI=1S/C10H22N4O/c1-3-5-13(8-10(11)15)14-6-4-12-7-9(14)2/h9,12H,3-8H2,1-2H3,(H2,11,15). The monoisotopic (exact) mass is 214 g/mol. The first-order valence-corrected chi connectivity index (χ1v) is 5.65. The second kappa shape index (κ2) is 6.05. The molecule has 0 aliphatic carbocycles. The lowest BCUT2D eigenvalue weighted by Crippen LogP contribution is -2.58. The quantitative estimate of drug-likeness (QED) is 0.641. The number of nitrogens with zero attached hydrogens (tertiary/aromatic N) is 2. The van der Waals surface area contributed by atoms with Gasteiger partial charge in [0.25, 0.3) is 0 Å². The molecule has 0 aromatic heterocycles. The number of nitrogens with two attached hydrogens (primary N) is 1. The topological polar surface area (TPSA) is 61.6 Å². The molecule has 1 aliphatic rings. The Kier molecular flexibility index (Phi) is 5.01. The average Bonchev–Trinajstić information content (AvgIpc) is 2.17. The zero-order chi connectivity index (χ0) is 11.3. The van der Waals surface area contributed by atoms with Crippen LogP contribution in [0, 0.1) is 0 Å². The highest BCUT2D eigenvalue weighted by atomic mass is 16.1. The number of carbonyl (C=O) groups is 1. The Hall–Kier alpha value is -0.650. The Balaban J connectivity index is 2.55. The van der Waals surface area contributed by atoms with Crippen molar-refractivity contribution in [2.24, 2.45) is 5.73 Å². The molecule has 15 heavy (non-hydrogen) atoms. The summed E-state index contributed by atoms with van der Waals surface area (Å²) in [6.07, 6.45) is 1.03. The van der Waals surface area contributed by atoms with Crippen LogP contribution in [0.25, 0.3) is 0 Å². The summed E-state index contributed by atoms with van der Waals surface area (Å²) >= 11 is 0. The van der Waals surface area contributed by atoms with Crippen molar-refractivity contribution in [3.05, 3.63) is 0 Å². The van der Waals surface area contributed by atoms with Crippen LogP contribution >= 0.6 is 0 Å². The van der Waals surface area contributed by atoms with Gasteiger partial charge in [0.05, 0.1) is 6.54 Å². The molecule has 1 unspecified atom stereocenters. The molecule has 1 atom stereocenters. The lowest BCUT2D eigenvalue weighted by atomic mass is 10.2. The summed E-state index contributed by atoms with van der Waals surface area (Å²) in [6.45, 7) is 8.40. The van der Waals surface area contributed by atoms with Crippen LogP contribution in [0.4, 0.5) is 0 Å². The fraction of sp³-hybridized carbons (Fsp3) is 0.900. The van der Waals surface area contributed by atoms with Gasteiger partial charge in [-0.1, -0.05) is 6.92 Å². The van der Waals surface area contributed by atoms with Crippen LogP contribution in [0.1, 0.15) is 20.3 Å². The molecule has 1 saturated heterocycles. The molecule has 0 aromatic carbocycles. The summed E-state index contributed by atoms with van der Waals surface area (Å²) in [4.78, 5) is 11.0. The Bertz CT molecular complexity index is 210. The van der Waals surface area contributed by atoms with Gasteiger partial charge in [-0.15, -0.1) is 0 Å². The van der Waals surface area contributed by atoms with Gasteiger partial charge in [0.2, 0.25) is 5.91 Å². The van der Waals surface area contributed by atoms with Gasteiger partial charge in [-0.25, -0.2) is 10.0 Å². The molecule has 5 nitrogen and oxygen atoms in total. The van der Waals surface area contributed by atoms with Crippen molar-refractivity contribution in [1.82, 2.24) is 15.3 Å². The second-order valence-corrected chi connectivity index (χ2v) is 4.07. The molecule has 1 rings (SSSR count). The van der Waals surface area contributed by atoms with Crippen LogP contribution < -0.4 is 11.1 Å². The first kappa shape index (κ1) is 12.4. The largest absolute Gasteiger partial charge is 0.369 e. The van der Waals surface area contributed by atoms with Gasteiger partial charge in [-0.05, 0) is 13.3 Å². The third-order valence-corrected chi connectivity index (χ3v) is 2.65. The second-order valence-electron chi connectivity index (χ2n) is 4.07. The highest BCUT2D eigenvalue weighted by Gasteiger charge is 2.24. The molecule has 5 heteroatoms. The van der Waals surface area contributed by atoms with Gasteiger partial charge in [-0.2, -0.15) is 0 Å². The Morgan fingerprint density at radius 3 is 2.93 bits per heavy atom. The highest BCUT2D eigenvalue weighted by molar-refractivity contribution is 5.75. The van der Waals surface area contributed by atoms with E-state index in [1.165, 1.54) is 0 Å². The van der Waals surface area contributed by atoms with Crippen molar-refractivity contribution in [3.63, 3.8) is 0 Å². The summed E-state index contributed by atoms with van der Waals surface area (Å²) in [5.74, 6) is -0.255. The lowest BCUT2D eigenvalue weighted by Gasteiger charge is -2.41. The van der Waals surface area contributed by atoms with E-state index < -0.39 is 0 Å². The third kappa shape index (κ3) is 3.77. The van der Waals surface area contributed by atoms with Crippen molar-refractivity contribution < 1.29 is 4.79 Å². The van der Waals surface area contributed by atoms with Gasteiger partial charge >= 0.3 is 0 Å². The normalized spacial score (nSPS) is 23.3. The zero-order valence-electron chi connectivity index (χ0n) is 9.70. The highest BCUT2D eigenvalue weighted by Crippen LogP contribution is 2.07. The van der Waals surface area contributed by atoms with Crippen molar-refractivity contribution in [3.8, 4) is 0 Å². The Morgan fingerprint density at radius 1 is 1.67 bits per heavy atom. The number of hydrogen-bond donors (Lipinski definition) is 2. The number of nitrogens with one attached hydrogen (secondary N) is 1. The minimum absolute atomic E-state index is 0.255. The predicted octanol–water partition coefficient (Wildman–Crippen LogP) is -0.608. The van der Waals surface area contributed by atoms with E-state index in [9.17, 15) is 4.79 Å². The molecule has 3 N–H and O–H groups in total. The fourth-order valence-electron chi connectivity index (χ4n) is 1.99. The van der Waals surface area contributed by atoms with Gasteiger partial charge in [-0.3, -0.25) is 4.79 Å². The van der Waals surface area contributed by atoms with E-state index in [4.69, 9.17) is 5.73 Å². The fourth-order valence-corrected chi connectivity index (χ4v) is 1.99. The van der Waals surface area contributed by atoms with Gasteiger partial charge < -0.3 is 11.1 Å². The average molecular weight is 214 g/mol. The summed E-state index contributed by atoms with van der Waals surface area (Å²) in [5.41, 5.74) is 5.25. The molecule has 0 bridgehead atoms. The molecule has 0 spiro atoms. The first-order chi connectivity index (χ1) is 7.15. The maximum atomic E-state index is 11.0. The third-order valence-electron chi connectivity index (χ3n) is 2.65. The first-order valence-electron chi connectivity index (χ1n) is 5.65. The van der Waals surface area contributed by atoms with Gasteiger partial charge in [0, 0.05) is 32.2 Å². The number of hydrazine groups is 1. The summed E-state index contributed by atoms with van der Waals surface area (Å²) in [5, 5.41) is 7.66. The number of rotatable bonds is 5. The van der Waals surface area contributed by atoms with Crippen LogP contribution in [0.3, 0.4) is 0 Å². The molecule has 1 heterocycles. The molecule has 0 aromatic rings. The molecule has 0 saturated carbocycles. The molecule has 88 valence electrons. The summed E-state index contributed by atoms with van der Waals surface area (Å²) in [6, 6.07) is 0.435. The smallest absolute Gasteiger partial charge is 0.233 e. The number of hydrogen-bond acceptors (Lipinski definition) is 4. The minimum Gasteiger partial charge on any atom is -0.369 e. The van der Waals surface area contributed by atoms with E-state index in [0.29, 0.717) is 12.6 Å². The van der Waals surface area contributed by atoms with Crippen LogP contribution in [0.2, 0.25) is 0 Å². The lowest BCUT2D eigenvalue weighted by molar-refractivity contribution is -0.128. The number of amides is 1. The molecular formula is C10H22N4O. The van der Waals surface area contributed by atoms with Crippen molar-refractivity contribution in [2.75, 3.05) is 32.7 Å². The Morgan fingerprint density at radius 2 is 2.40 bits per heavy atom. The van der Waals surface area contributed by atoms with Gasteiger partial charge in [0.15, 0.2) is 0 Å². The molecule has 1 fully saturated rings. The Labute approximate surface area is 91.6 Å². The molecular weight excluding hydrogens is 192 g/mol. The van der Waals surface area contributed by atoms with E-state index in [-0.39, 0.29) is 5.91 Å². The minimum atomic E-state index is -0.255. The van der Waals surface area contributed by atoms with Crippen LogP contribution in [-0.2, 0) is 4.79 Å². The number of piperazine rings is 1. The van der Waals surface area contributed by atoms with E-state index in [1.807, 2.05) is 0 Å². The SMILES string of the molecule is CCCN(CC(N)=O)N1CCNCC1C. The number of primary amides is 1. The predicted molar refractivity (Wildman–Crippen MR) is 60.1 cm³/mol. The zero-order valence-corrected chi connectivity index (χ0v) is 9.70. The van der Waals surface area contributed by atoms with E-state index in [1.54, 1.807) is 0 Å². The molecule has 1 amide bonds. The van der Waals surface area contributed by atoms with Crippen molar-refractivity contribution in [2.45, 2.75) is 26.3 Å². The van der Waals surface area contributed by atoms with E-state index in [2.05, 4.69) is 29.2 Å². The van der Waals surface area contributed by atoms with Crippen molar-refractivity contribution in [1.29, 1.82) is 0 Å². The molecule has 1 aliphatic heterocycles. The number of carbonyl (C=O) groups excluding carboxylic acids is 1. The van der Waals surface area contributed by atoms with Crippen LogP contribution in [-0.4, -0.2) is 54.7 Å². The van der Waals surface area contributed by atoms with E-state index in [0.717, 1.165) is 32.6 Å². The van der Waals surface area contributed by atoms with Crippen LogP contribution in [0.5, 0.6) is 0 Å². The summed E-state index contributed by atoms with van der Waals surface area (Å²) in [7, 11) is 0. The maximum absolute atomic E-state index is 11.0. The van der Waals surface area contributed by atoms with Crippen molar-refractivity contribution >= 4 is 5.91 Å². The van der Waals surface area contributed by atoms with E-state index >= 15 is 0 Å².